The molecule has 0 aromatic heterocycles. The van der Waals surface area contributed by atoms with Crippen molar-refractivity contribution in [3.63, 3.8) is 0 Å². The number of aliphatic hydroxyl groups excluding tert-OH is 3. The summed E-state index contributed by atoms with van der Waals surface area (Å²) in [6, 6.07) is 0. The maximum Gasteiger partial charge on any atom is 0.203 e. The lowest BCUT2D eigenvalue weighted by atomic mass is 9.63. The topological polar surface area (TPSA) is 87.0 Å². The minimum absolute atomic E-state index is 0.0568. The summed E-state index contributed by atoms with van der Waals surface area (Å²) < 4.78 is 7.08. The molecule has 1 saturated carbocycles. The number of hydrogen-bond donors (Lipinski definition) is 3. The van der Waals surface area contributed by atoms with Gasteiger partial charge in [-0.25, -0.2) is 0 Å². The van der Waals surface area contributed by atoms with Crippen LogP contribution in [0.15, 0.2) is 23.3 Å². The quantitative estimate of drug-likeness (QED) is 0.614. The van der Waals surface area contributed by atoms with Crippen LogP contribution >= 0.6 is 0 Å². The second-order valence-corrected chi connectivity index (χ2v) is 12.8. The van der Waals surface area contributed by atoms with Gasteiger partial charge in [-0.3, -0.25) is 4.79 Å². The lowest BCUT2D eigenvalue weighted by Gasteiger charge is -2.48. The zero-order valence-electron chi connectivity index (χ0n) is 21.4. The van der Waals surface area contributed by atoms with Crippen LogP contribution in [-0.4, -0.2) is 46.5 Å². The summed E-state index contributed by atoms with van der Waals surface area (Å²) in [7, 11) is 0. The molecule has 4 aliphatic carbocycles. The van der Waals surface area contributed by atoms with Crippen molar-refractivity contribution in [1.82, 2.24) is 0 Å². The maximum atomic E-state index is 14.4. The van der Waals surface area contributed by atoms with E-state index < -0.39 is 5.60 Å². The average Bonchev–Trinajstić information content (AvgIpc) is 3.47. The predicted molar refractivity (Wildman–Crippen MR) is 134 cm³/mol. The molecule has 0 amide bonds. The summed E-state index contributed by atoms with van der Waals surface area (Å²) in [6.45, 7) is 11.1. The Bertz CT molecular complexity index is 1200. The Morgan fingerprint density at radius 3 is 2.14 bits per heavy atom. The van der Waals surface area contributed by atoms with Crippen LogP contribution in [0, 0.1) is 23.2 Å². The van der Waals surface area contributed by atoms with Crippen LogP contribution in [-0.2, 0) is 30.5 Å². The highest BCUT2D eigenvalue weighted by Gasteiger charge is 2.71. The fourth-order valence-electron chi connectivity index (χ4n) is 7.98. The van der Waals surface area contributed by atoms with E-state index in [-0.39, 0.29) is 41.8 Å². The van der Waals surface area contributed by atoms with Crippen molar-refractivity contribution in [3.05, 3.63) is 51.1 Å². The number of allylic oxidation sites excluding steroid dienone is 1. The first-order valence-corrected chi connectivity index (χ1v) is 13.2. The Morgan fingerprint density at radius 1 is 0.886 bits per heavy atom. The Labute approximate surface area is 207 Å². The number of rotatable bonds is 4. The minimum Gasteiger partial charge on any atom is -0.478 e. The molecule has 0 bridgehead atoms. The number of ether oxygens (including phenoxy) is 1. The SMILES string of the molecule is C=C1C2=C(C[C@](C)(CO)C2)C(=O)[C@@]2(CCc3c(CCO)c(C)c4c(c3O2)C[C@](C)(CO)C4)C12CC2. The molecule has 1 aliphatic heterocycles. The maximum absolute atomic E-state index is 14.4. The molecule has 1 heterocycles. The largest absolute Gasteiger partial charge is 0.478 e. The van der Waals surface area contributed by atoms with Gasteiger partial charge in [-0.1, -0.05) is 20.4 Å². The van der Waals surface area contributed by atoms with Crippen LogP contribution in [0.5, 0.6) is 5.75 Å². The van der Waals surface area contributed by atoms with E-state index in [1.807, 2.05) is 0 Å². The van der Waals surface area contributed by atoms with E-state index in [0.29, 0.717) is 25.7 Å². The summed E-state index contributed by atoms with van der Waals surface area (Å²) in [6.07, 6.45) is 6.56. The van der Waals surface area contributed by atoms with Crippen molar-refractivity contribution in [1.29, 1.82) is 0 Å². The van der Waals surface area contributed by atoms with Gasteiger partial charge >= 0.3 is 0 Å². The van der Waals surface area contributed by atoms with Gasteiger partial charge in [0.25, 0.3) is 0 Å². The molecule has 6 rings (SSSR count). The number of hydrogen-bond acceptors (Lipinski definition) is 5. The number of Topliss-reactive ketones (excluding diaryl/α,β-unsaturated/α-hetero) is 1. The molecule has 0 radical (unpaired) electrons. The fraction of sp³-hybridized carbons (Fsp3) is 0.633. The van der Waals surface area contributed by atoms with Crippen molar-refractivity contribution in [2.45, 2.75) is 84.2 Å². The zero-order valence-corrected chi connectivity index (χ0v) is 21.4. The van der Waals surface area contributed by atoms with Gasteiger partial charge in [0.05, 0.1) is 0 Å². The second-order valence-electron chi connectivity index (χ2n) is 12.8. The summed E-state index contributed by atoms with van der Waals surface area (Å²) in [5.41, 5.74) is 7.00. The lowest BCUT2D eigenvalue weighted by Crippen LogP contribution is -2.58. The third kappa shape index (κ3) is 2.89. The van der Waals surface area contributed by atoms with Crippen molar-refractivity contribution >= 4 is 5.78 Å². The van der Waals surface area contributed by atoms with Crippen molar-refractivity contribution in [2.24, 2.45) is 16.2 Å². The summed E-state index contributed by atoms with van der Waals surface area (Å²) in [4.78, 5) is 14.4. The number of benzene rings is 1. The normalized spacial score (nSPS) is 34.3. The molecule has 5 heteroatoms. The highest BCUT2D eigenvalue weighted by molar-refractivity contribution is 6.07. The lowest BCUT2D eigenvalue weighted by molar-refractivity contribution is -0.139. The van der Waals surface area contributed by atoms with Gasteiger partial charge in [0.15, 0.2) is 5.60 Å². The molecule has 2 spiro atoms. The molecule has 35 heavy (non-hydrogen) atoms. The first-order valence-electron chi connectivity index (χ1n) is 13.2. The molecule has 188 valence electrons. The highest BCUT2D eigenvalue weighted by atomic mass is 16.5. The van der Waals surface area contributed by atoms with Gasteiger partial charge in [-0.05, 0) is 115 Å². The highest BCUT2D eigenvalue weighted by Crippen LogP contribution is 2.70. The van der Waals surface area contributed by atoms with Gasteiger partial charge in [0.1, 0.15) is 5.75 Å². The predicted octanol–water partition coefficient (Wildman–Crippen LogP) is 3.70. The number of carbonyl (C=O) groups excluding carboxylic acids is 1. The van der Waals surface area contributed by atoms with E-state index in [1.54, 1.807) is 0 Å². The standard InChI is InChI=1S/C30H38O5/c1-17-19(6-10-31)20-5-7-30(35-25(20)23-13-27(3,15-32)11-21(17)23)26(34)24-14-28(4,16-33)12-22(24)18(2)29(30)8-9-29/h31-33H,2,5-16H2,1,3-4H3/t27-,28-,30+/m1/s1. The molecule has 1 aromatic rings. The minimum atomic E-state index is -0.936. The third-order valence-electron chi connectivity index (χ3n) is 10.2. The van der Waals surface area contributed by atoms with Gasteiger partial charge in [0.2, 0.25) is 5.78 Å². The van der Waals surface area contributed by atoms with Gasteiger partial charge in [-0.15, -0.1) is 0 Å². The van der Waals surface area contributed by atoms with Crippen LogP contribution in [0.25, 0.3) is 0 Å². The second kappa shape index (κ2) is 7.30. The van der Waals surface area contributed by atoms with Crippen molar-refractivity contribution in [2.75, 3.05) is 19.8 Å². The van der Waals surface area contributed by atoms with Crippen LogP contribution in [0.3, 0.4) is 0 Å². The molecular weight excluding hydrogens is 440 g/mol. The fourth-order valence-corrected chi connectivity index (χ4v) is 7.98. The number of fused-ring (bicyclic) bond motifs is 4. The molecule has 0 saturated heterocycles. The first kappa shape index (κ1) is 23.4. The molecule has 1 fully saturated rings. The van der Waals surface area contributed by atoms with E-state index in [9.17, 15) is 20.1 Å². The smallest absolute Gasteiger partial charge is 0.203 e. The van der Waals surface area contributed by atoms with E-state index >= 15 is 0 Å². The summed E-state index contributed by atoms with van der Waals surface area (Å²) in [5.74, 6) is 0.957. The molecule has 5 nitrogen and oxygen atoms in total. The molecule has 3 N–H and O–H groups in total. The van der Waals surface area contributed by atoms with Crippen LogP contribution in [0.4, 0.5) is 0 Å². The van der Waals surface area contributed by atoms with Crippen LogP contribution in [0.2, 0.25) is 0 Å². The molecule has 1 aromatic carbocycles. The zero-order chi connectivity index (χ0) is 25.0. The molecule has 0 unspecified atom stereocenters. The first-order chi connectivity index (χ1) is 16.6. The monoisotopic (exact) mass is 478 g/mol. The third-order valence-corrected chi connectivity index (χ3v) is 10.2. The number of ketones is 1. The Hall–Kier alpha value is -1.95. The summed E-state index contributed by atoms with van der Waals surface area (Å²) in [5, 5.41) is 30.1. The van der Waals surface area contributed by atoms with E-state index in [1.165, 1.54) is 11.1 Å². The van der Waals surface area contributed by atoms with Crippen molar-refractivity contribution in [3.8, 4) is 5.75 Å². The molecule has 3 atom stereocenters. The molecule has 5 aliphatic rings. The van der Waals surface area contributed by atoms with E-state index in [2.05, 4.69) is 27.4 Å². The Kier molecular flexibility index (Phi) is 4.89. The van der Waals surface area contributed by atoms with E-state index in [4.69, 9.17) is 4.74 Å². The van der Waals surface area contributed by atoms with Gasteiger partial charge in [-0.2, -0.15) is 0 Å². The van der Waals surface area contributed by atoms with Crippen molar-refractivity contribution < 1.29 is 24.9 Å². The van der Waals surface area contributed by atoms with E-state index in [0.717, 1.165) is 71.3 Å². The van der Waals surface area contributed by atoms with Gasteiger partial charge < -0.3 is 20.1 Å². The van der Waals surface area contributed by atoms with Gasteiger partial charge in [0, 0.05) is 30.8 Å². The number of carbonyl (C=O) groups is 1. The van der Waals surface area contributed by atoms with Crippen LogP contribution in [0.1, 0.15) is 73.8 Å². The molecular formula is C30H38O5. The summed E-state index contributed by atoms with van der Waals surface area (Å²) >= 11 is 0. The Balaban J connectivity index is 1.51. The van der Waals surface area contributed by atoms with Crippen LogP contribution < -0.4 is 4.74 Å². The average molecular weight is 479 g/mol. The Morgan fingerprint density at radius 2 is 1.51 bits per heavy atom. The number of aliphatic hydroxyl groups is 3.